The summed E-state index contributed by atoms with van der Waals surface area (Å²) in [5.41, 5.74) is 4.42. The molecular formula is C25H18Cl2N6O3S. The molecule has 9 nitrogen and oxygen atoms in total. The average Bonchev–Trinajstić information content (AvgIpc) is 3.32. The fourth-order valence-corrected chi connectivity index (χ4v) is 4.22. The molecule has 1 heterocycles. The highest BCUT2D eigenvalue weighted by molar-refractivity contribution is 7.99. The molecule has 1 aromatic heterocycles. The second-order valence-electron chi connectivity index (χ2n) is 7.40. The van der Waals surface area contributed by atoms with Gasteiger partial charge in [0.2, 0.25) is 0 Å². The average molecular weight is 553 g/mol. The Labute approximate surface area is 226 Å². The van der Waals surface area contributed by atoms with Crippen LogP contribution in [0.1, 0.15) is 5.56 Å². The Morgan fingerprint density at radius 2 is 1.70 bits per heavy atom. The molecule has 0 aliphatic carbocycles. The van der Waals surface area contributed by atoms with Crippen LogP contribution in [0.4, 0.5) is 5.69 Å². The molecule has 0 radical (unpaired) electrons. The fraction of sp³-hybridized carbons (Fsp3) is 0.0400. The molecule has 0 aliphatic heterocycles. The van der Waals surface area contributed by atoms with Crippen molar-refractivity contribution in [2.75, 3.05) is 5.75 Å². The van der Waals surface area contributed by atoms with E-state index in [1.54, 1.807) is 42.5 Å². The van der Waals surface area contributed by atoms with Gasteiger partial charge in [0.1, 0.15) is 0 Å². The van der Waals surface area contributed by atoms with Crippen molar-refractivity contribution in [2.24, 2.45) is 5.10 Å². The number of halogens is 2. The van der Waals surface area contributed by atoms with Crippen molar-refractivity contribution < 1.29 is 9.72 Å². The molecule has 0 fully saturated rings. The van der Waals surface area contributed by atoms with Crippen molar-refractivity contribution in [3.63, 3.8) is 0 Å². The number of thioether (sulfide) groups is 1. The maximum Gasteiger partial charge on any atom is 0.276 e. The van der Waals surface area contributed by atoms with Gasteiger partial charge in [-0.15, -0.1) is 10.2 Å². The van der Waals surface area contributed by atoms with E-state index >= 15 is 0 Å². The van der Waals surface area contributed by atoms with Gasteiger partial charge in [-0.2, -0.15) is 5.10 Å². The van der Waals surface area contributed by atoms with E-state index in [4.69, 9.17) is 23.2 Å². The van der Waals surface area contributed by atoms with E-state index in [9.17, 15) is 14.9 Å². The highest BCUT2D eigenvalue weighted by atomic mass is 35.5. The van der Waals surface area contributed by atoms with Crippen LogP contribution in [0.15, 0.2) is 89.1 Å². The monoisotopic (exact) mass is 552 g/mol. The molecule has 37 heavy (non-hydrogen) atoms. The number of hydrogen-bond acceptors (Lipinski definition) is 7. The summed E-state index contributed by atoms with van der Waals surface area (Å²) in [4.78, 5) is 23.0. The maximum atomic E-state index is 12.4. The summed E-state index contributed by atoms with van der Waals surface area (Å²) in [6, 6.07) is 20.7. The van der Waals surface area contributed by atoms with Gasteiger partial charge in [0.15, 0.2) is 11.0 Å². The topological polar surface area (TPSA) is 115 Å². The molecule has 4 aromatic rings. The highest BCUT2D eigenvalue weighted by Crippen LogP contribution is 2.29. The first kappa shape index (κ1) is 26.1. The van der Waals surface area contributed by atoms with E-state index in [0.717, 1.165) is 11.3 Å². The smallest absolute Gasteiger partial charge is 0.272 e. The molecule has 0 bridgehead atoms. The lowest BCUT2D eigenvalue weighted by atomic mass is 10.2. The Balaban J connectivity index is 1.44. The van der Waals surface area contributed by atoms with Gasteiger partial charge < -0.3 is 0 Å². The Kier molecular flexibility index (Phi) is 8.68. The van der Waals surface area contributed by atoms with Crippen molar-refractivity contribution >= 4 is 58.8 Å². The second-order valence-corrected chi connectivity index (χ2v) is 9.22. The van der Waals surface area contributed by atoms with Gasteiger partial charge in [-0.05, 0) is 66.7 Å². The number of carbonyl (C=O) groups is 1. The van der Waals surface area contributed by atoms with E-state index < -0.39 is 4.92 Å². The summed E-state index contributed by atoms with van der Waals surface area (Å²) >= 11 is 13.3. The third-order valence-corrected chi connectivity index (χ3v) is 6.34. The molecule has 0 saturated heterocycles. The minimum absolute atomic E-state index is 0.0182. The van der Waals surface area contributed by atoms with Gasteiger partial charge >= 0.3 is 0 Å². The summed E-state index contributed by atoms with van der Waals surface area (Å²) in [6.07, 6.45) is 4.38. The van der Waals surface area contributed by atoms with Gasteiger partial charge in [-0.1, -0.05) is 47.1 Å². The molecule has 0 saturated carbocycles. The summed E-state index contributed by atoms with van der Waals surface area (Å²) in [5, 5.41) is 25.2. The van der Waals surface area contributed by atoms with Gasteiger partial charge in [0.05, 0.1) is 16.2 Å². The molecular weight excluding hydrogens is 535 g/mol. The molecule has 12 heteroatoms. The number of nitrogens with one attached hydrogen (secondary N) is 1. The summed E-state index contributed by atoms with van der Waals surface area (Å²) in [7, 11) is 0. The van der Waals surface area contributed by atoms with E-state index in [1.807, 2.05) is 28.8 Å². The number of nitrogens with zero attached hydrogens (tertiary/aromatic N) is 5. The summed E-state index contributed by atoms with van der Waals surface area (Å²) in [5.74, 6) is 0.247. The number of amides is 1. The fourth-order valence-electron chi connectivity index (χ4n) is 3.23. The van der Waals surface area contributed by atoms with Gasteiger partial charge in [0, 0.05) is 33.6 Å². The van der Waals surface area contributed by atoms with Crippen LogP contribution in [0.3, 0.4) is 0 Å². The van der Waals surface area contributed by atoms with E-state index in [1.165, 1.54) is 36.2 Å². The first-order chi connectivity index (χ1) is 17.9. The third kappa shape index (κ3) is 6.82. The van der Waals surface area contributed by atoms with Crippen LogP contribution >= 0.6 is 35.0 Å². The predicted octanol–water partition coefficient (Wildman–Crippen LogP) is 6.06. The normalized spacial score (nSPS) is 11.3. The van der Waals surface area contributed by atoms with E-state index in [2.05, 4.69) is 20.7 Å². The lowest BCUT2D eigenvalue weighted by Crippen LogP contribution is -2.19. The number of aromatic nitrogens is 3. The molecule has 1 amide bonds. The number of allylic oxidation sites excluding steroid dienone is 1. The van der Waals surface area contributed by atoms with E-state index in [0.29, 0.717) is 26.6 Å². The number of carbonyl (C=O) groups excluding carboxylic acids is 1. The van der Waals surface area contributed by atoms with Gasteiger partial charge in [-0.3, -0.25) is 19.5 Å². The first-order valence-electron chi connectivity index (χ1n) is 10.7. The Morgan fingerprint density at radius 3 is 2.41 bits per heavy atom. The van der Waals surface area contributed by atoms with Crippen LogP contribution in [0.2, 0.25) is 10.0 Å². The van der Waals surface area contributed by atoms with Crippen molar-refractivity contribution in [2.45, 2.75) is 5.16 Å². The Bertz CT molecular complexity index is 1470. The molecule has 0 aliphatic rings. The number of nitro groups is 1. The zero-order valence-corrected chi connectivity index (χ0v) is 21.3. The number of hydrogen-bond donors (Lipinski definition) is 1. The minimum Gasteiger partial charge on any atom is -0.272 e. The largest absolute Gasteiger partial charge is 0.276 e. The minimum atomic E-state index is -0.461. The number of nitro benzene ring substituents is 1. The van der Waals surface area contributed by atoms with Crippen molar-refractivity contribution in [3.8, 4) is 17.1 Å². The molecule has 186 valence electrons. The Hall–Kier alpha value is -3.99. The highest BCUT2D eigenvalue weighted by Gasteiger charge is 2.17. The number of para-hydroxylation sites is 1. The lowest BCUT2D eigenvalue weighted by molar-refractivity contribution is -0.385. The molecule has 3 aromatic carbocycles. The van der Waals surface area contributed by atoms with Crippen LogP contribution in [0.5, 0.6) is 0 Å². The zero-order chi connectivity index (χ0) is 26.2. The lowest BCUT2D eigenvalue weighted by Gasteiger charge is -2.10. The zero-order valence-electron chi connectivity index (χ0n) is 19.0. The van der Waals surface area contributed by atoms with Crippen molar-refractivity contribution in [3.05, 3.63) is 105 Å². The second kappa shape index (κ2) is 12.3. The third-order valence-electron chi connectivity index (χ3n) is 4.91. The summed E-state index contributed by atoms with van der Waals surface area (Å²) in [6.45, 7) is 0. The molecule has 0 atom stereocenters. The molecule has 0 unspecified atom stereocenters. The maximum absolute atomic E-state index is 12.4. The van der Waals surface area contributed by atoms with Crippen LogP contribution in [0.25, 0.3) is 23.2 Å². The SMILES string of the molecule is O=C(CSc1nnc(-c2ccc(Cl)cc2)n1-c1ccc(Cl)cc1)N/N=C/C=C\c1ccccc1[N+](=O)[O-]. The van der Waals surface area contributed by atoms with Crippen molar-refractivity contribution in [1.82, 2.24) is 20.2 Å². The van der Waals surface area contributed by atoms with Crippen LogP contribution in [-0.2, 0) is 4.79 Å². The quantitative estimate of drug-likeness (QED) is 0.117. The molecule has 1 N–H and O–H groups in total. The van der Waals surface area contributed by atoms with E-state index in [-0.39, 0.29) is 17.3 Å². The number of rotatable bonds is 9. The standard InChI is InChI=1S/C25H18Cl2N6O3S/c26-19-9-7-18(8-10-19)24-30-31-25(32(24)21-13-11-20(27)12-14-21)37-16-23(34)29-28-15-3-5-17-4-1-2-6-22(17)33(35)36/h1-15H,16H2,(H,29,34)/b5-3-,28-15+. The van der Waals surface area contributed by atoms with Crippen molar-refractivity contribution in [1.29, 1.82) is 0 Å². The Morgan fingerprint density at radius 1 is 1.03 bits per heavy atom. The predicted molar refractivity (Wildman–Crippen MR) is 146 cm³/mol. The summed E-state index contributed by atoms with van der Waals surface area (Å²) < 4.78 is 1.83. The van der Waals surface area contributed by atoms with Gasteiger partial charge in [-0.25, -0.2) is 5.43 Å². The number of hydrazone groups is 1. The van der Waals surface area contributed by atoms with Crippen LogP contribution < -0.4 is 5.43 Å². The van der Waals surface area contributed by atoms with Crippen LogP contribution in [0, 0.1) is 10.1 Å². The number of benzene rings is 3. The molecule has 4 rings (SSSR count). The van der Waals surface area contributed by atoms with Gasteiger partial charge in [0.25, 0.3) is 11.6 Å². The first-order valence-corrected chi connectivity index (χ1v) is 12.5. The van der Waals surface area contributed by atoms with Crippen LogP contribution in [-0.4, -0.2) is 37.6 Å². The molecule has 0 spiro atoms.